The van der Waals surface area contributed by atoms with Gasteiger partial charge in [-0.3, -0.25) is 9.90 Å². The van der Waals surface area contributed by atoms with Gasteiger partial charge in [0, 0.05) is 7.05 Å². The summed E-state index contributed by atoms with van der Waals surface area (Å²) in [5, 5.41) is 1.66. The smallest absolute Gasteiger partial charge is 0.123 e. The molecule has 0 amide bonds. The van der Waals surface area contributed by atoms with E-state index in [9.17, 15) is 0 Å². The van der Waals surface area contributed by atoms with Crippen LogP contribution in [0.15, 0.2) is 18.3 Å². The molecule has 0 aliphatic carbocycles. The number of nitrogens with two attached hydrogens (primary N) is 1. The fourth-order valence-corrected chi connectivity index (χ4v) is 0.852. The zero-order valence-electron chi connectivity index (χ0n) is 7.32. The molecule has 12 heavy (non-hydrogen) atoms. The minimum Gasteiger partial charge on any atom is -0.384 e. The highest BCUT2D eigenvalue weighted by atomic mass is 16.7. The van der Waals surface area contributed by atoms with Gasteiger partial charge in [0.25, 0.3) is 0 Å². The fraction of sp³-hybridized carbons (Fsp3) is 0.375. The van der Waals surface area contributed by atoms with Crippen LogP contribution < -0.4 is 10.8 Å². The van der Waals surface area contributed by atoms with E-state index in [2.05, 4.69) is 4.98 Å². The van der Waals surface area contributed by atoms with Gasteiger partial charge in [-0.25, -0.2) is 4.98 Å². The Hall–Kier alpha value is -1.29. The van der Waals surface area contributed by atoms with E-state index in [4.69, 9.17) is 10.6 Å². The summed E-state index contributed by atoms with van der Waals surface area (Å²) in [6.45, 7) is 2.57. The standard InChI is InChI=1S/C8H13N3O/c1-3-12-11(2)7-4-5-8(9)10-6-7/h4-6H,3H2,1-2H3,(H2,9,10). The highest BCUT2D eigenvalue weighted by Gasteiger charge is 1.98. The number of pyridine rings is 1. The van der Waals surface area contributed by atoms with Gasteiger partial charge in [0.1, 0.15) is 5.82 Å². The van der Waals surface area contributed by atoms with Crippen LogP contribution in [0.3, 0.4) is 0 Å². The van der Waals surface area contributed by atoms with E-state index in [0.717, 1.165) is 5.69 Å². The summed E-state index contributed by atoms with van der Waals surface area (Å²) in [6.07, 6.45) is 1.67. The molecular weight excluding hydrogens is 154 g/mol. The third-order valence-electron chi connectivity index (χ3n) is 1.46. The molecule has 2 N–H and O–H groups in total. The minimum absolute atomic E-state index is 0.517. The first-order valence-electron chi connectivity index (χ1n) is 3.82. The summed E-state index contributed by atoms with van der Waals surface area (Å²) >= 11 is 0. The van der Waals surface area contributed by atoms with E-state index in [0.29, 0.717) is 12.4 Å². The summed E-state index contributed by atoms with van der Waals surface area (Å²) in [6, 6.07) is 3.60. The summed E-state index contributed by atoms with van der Waals surface area (Å²) in [7, 11) is 1.83. The molecule has 0 unspecified atom stereocenters. The number of aromatic nitrogens is 1. The molecule has 1 aromatic rings. The van der Waals surface area contributed by atoms with E-state index in [1.54, 1.807) is 17.3 Å². The predicted molar refractivity (Wildman–Crippen MR) is 48.7 cm³/mol. The van der Waals surface area contributed by atoms with Crippen molar-refractivity contribution in [1.82, 2.24) is 4.98 Å². The molecule has 0 aliphatic heterocycles. The van der Waals surface area contributed by atoms with Gasteiger partial charge in [-0.05, 0) is 19.1 Å². The molecule has 1 rings (SSSR count). The van der Waals surface area contributed by atoms with Crippen molar-refractivity contribution in [3.8, 4) is 0 Å². The Morgan fingerprint density at radius 3 is 2.83 bits per heavy atom. The molecule has 1 heterocycles. The van der Waals surface area contributed by atoms with Gasteiger partial charge in [-0.1, -0.05) is 0 Å². The number of rotatable bonds is 3. The van der Waals surface area contributed by atoms with Crippen LogP contribution in [-0.4, -0.2) is 18.6 Å². The lowest BCUT2D eigenvalue weighted by Gasteiger charge is -2.16. The van der Waals surface area contributed by atoms with Crippen LogP contribution in [0.4, 0.5) is 11.5 Å². The number of nitrogen functional groups attached to an aromatic ring is 1. The van der Waals surface area contributed by atoms with Crippen molar-refractivity contribution in [2.75, 3.05) is 24.5 Å². The topological polar surface area (TPSA) is 51.4 Å². The molecule has 1 aromatic heterocycles. The van der Waals surface area contributed by atoms with E-state index in [1.807, 2.05) is 20.0 Å². The average Bonchev–Trinajstić information content (AvgIpc) is 2.06. The average molecular weight is 167 g/mol. The number of nitrogens with zero attached hydrogens (tertiary/aromatic N) is 2. The first kappa shape index (κ1) is 8.80. The fourth-order valence-electron chi connectivity index (χ4n) is 0.852. The Labute approximate surface area is 71.9 Å². The molecule has 0 bridgehead atoms. The summed E-state index contributed by atoms with van der Waals surface area (Å²) in [4.78, 5) is 9.16. The normalized spacial score (nSPS) is 9.83. The maximum absolute atomic E-state index is 5.43. The molecule has 0 fully saturated rings. The molecule has 0 spiro atoms. The van der Waals surface area contributed by atoms with Crippen LogP contribution in [0, 0.1) is 0 Å². The second kappa shape index (κ2) is 3.92. The lowest BCUT2D eigenvalue weighted by Crippen LogP contribution is -2.17. The van der Waals surface area contributed by atoms with Gasteiger partial charge >= 0.3 is 0 Å². The van der Waals surface area contributed by atoms with Crippen LogP contribution in [0.5, 0.6) is 0 Å². The zero-order chi connectivity index (χ0) is 8.97. The lowest BCUT2D eigenvalue weighted by atomic mass is 10.4. The van der Waals surface area contributed by atoms with Crippen molar-refractivity contribution < 1.29 is 4.84 Å². The van der Waals surface area contributed by atoms with Gasteiger partial charge < -0.3 is 5.73 Å². The molecule has 66 valence electrons. The highest BCUT2D eigenvalue weighted by molar-refractivity contribution is 5.45. The summed E-state index contributed by atoms with van der Waals surface area (Å²) in [5.74, 6) is 0.517. The first-order valence-corrected chi connectivity index (χ1v) is 3.82. The van der Waals surface area contributed by atoms with Crippen LogP contribution in [0.1, 0.15) is 6.92 Å². The molecule has 0 saturated heterocycles. The molecule has 0 atom stereocenters. The zero-order valence-corrected chi connectivity index (χ0v) is 7.32. The lowest BCUT2D eigenvalue weighted by molar-refractivity contribution is 0.134. The third kappa shape index (κ3) is 2.10. The SMILES string of the molecule is CCON(C)c1ccc(N)nc1. The second-order valence-corrected chi connectivity index (χ2v) is 2.36. The molecule has 0 radical (unpaired) electrons. The Kier molecular flexibility index (Phi) is 2.88. The minimum atomic E-state index is 0.517. The molecule has 4 heteroatoms. The van der Waals surface area contributed by atoms with Crippen molar-refractivity contribution in [2.24, 2.45) is 0 Å². The second-order valence-electron chi connectivity index (χ2n) is 2.36. The van der Waals surface area contributed by atoms with E-state index >= 15 is 0 Å². The quantitative estimate of drug-likeness (QED) is 0.684. The maximum Gasteiger partial charge on any atom is 0.123 e. The van der Waals surface area contributed by atoms with E-state index in [-0.39, 0.29) is 0 Å². The highest BCUT2D eigenvalue weighted by Crippen LogP contribution is 2.11. The predicted octanol–water partition coefficient (Wildman–Crippen LogP) is 1.05. The van der Waals surface area contributed by atoms with Gasteiger partial charge in [-0.15, -0.1) is 0 Å². The van der Waals surface area contributed by atoms with E-state index < -0.39 is 0 Å². The Morgan fingerprint density at radius 1 is 1.58 bits per heavy atom. The van der Waals surface area contributed by atoms with Crippen LogP contribution >= 0.6 is 0 Å². The summed E-state index contributed by atoms with van der Waals surface area (Å²) in [5.41, 5.74) is 6.32. The number of anilines is 2. The monoisotopic (exact) mass is 167 g/mol. The molecule has 4 nitrogen and oxygen atoms in total. The molecule has 0 saturated carbocycles. The number of hydroxylamine groups is 1. The summed E-state index contributed by atoms with van der Waals surface area (Å²) < 4.78 is 0. The van der Waals surface area contributed by atoms with Gasteiger partial charge in [0.2, 0.25) is 0 Å². The van der Waals surface area contributed by atoms with Crippen LogP contribution in [0.25, 0.3) is 0 Å². The van der Waals surface area contributed by atoms with Gasteiger partial charge in [0.05, 0.1) is 18.5 Å². The molecule has 0 aliphatic rings. The van der Waals surface area contributed by atoms with Crippen molar-refractivity contribution in [1.29, 1.82) is 0 Å². The van der Waals surface area contributed by atoms with E-state index in [1.165, 1.54) is 0 Å². The number of hydrogen-bond donors (Lipinski definition) is 1. The Balaban J connectivity index is 2.68. The molecular formula is C8H13N3O. The first-order chi connectivity index (χ1) is 5.74. The van der Waals surface area contributed by atoms with Crippen molar-refractivity contribution in [3.05, 3.63) is 18.3 Å². The van der Waals surface area contributed by atoms with Gasteiger partial charge in [0.15, 0.2) is 0 Å². The Bertz CT molecular complexity index is 235. The van der Waals surface area contributed by atoms with Crippen molar-refractivity contribution >= 4 is 11.5 Å². The number of hydrogen-bond acceptors (Lipinski definition) is 4. The van der Waals surface area contributed by atoms with Crippen molar-refractivity contribution in [3.63, 3.8) is 0 Å². The largest absolute Gasteiger partial charge is 0.384 e. The molecule has 0 aromatic carbocycles. The third-order valence-corrected chi connectivity index (χ3v) is 1.46. The van der Waals surface area contributed by atoms with Crippen LogP contribution in [-0.2, 0) is 4.84 Å². The van der Waals surface area contributed by atoms with Crippen LogP contribution in [0.2, 0.25) is 0 Å². The Morgan fingerprint density at radius 2 is 2.33 bits per heavy atom. The van der Waals surface area contributed by atoms with Gasteiger partial charge in [-0.2, -0.15) is 0 Å². The van der Waals surface area contributed by atoms with Crippen molar-refractivity contribution in [2.45, 2.75) is 6.92 Å². The maximum atomic E-state index is 5.43.